The maximum atomic E-state index is 12.6. The molecule has 2 rings (SSSR count). The van der Waals surface area contributed by atoms with Crippen LogP contribution in [0.1, 0.15) is 17.5 Å². The summed E-state index contributed by atoms with van der Waals surface area (Å²) in [6.45, 7) is 0.521. The van der Waals surface area contributed by atoms with Crippen molar-refractivity contribution in [1.29, 1.82) is 0 Å². The molecule has 1 fully saturated rings. The average Bonchev–Trinajstić information content (AvgIpc) is 2.77. The molecule has 2 N–H and O–H groups in total. The van der Waals surface area contributed by atoms with Gasteiger partial charge in [0.15, 0.2) is 0 Å². The molecule has 1 saturated heterocycles. The van der Waals surface area contributed by atoms with Crippen molar-refractivity contribution in [2.75, 3.05) is 6.54 Å². The Labute approximate surface area is 108 Å². The molecule has 2 atom stereocenters. The van der Waals surface area contributed by atoms with Crippen molar-refractivity contribution >= 4 is 5.97 Å². The molecular formula is C13H14F3NO2. The number of hydrogen-bond donors (Lipinski definition) is 2. The monoisotopic (exact) mass is 273 g/mol. The zero-order valence-corrected chi connectivity index (χ0v) is 10.1. The van der Waals surface area contributed by atoms with Crippen molar-refractivity contribution in [3.8, 4) is 0 Å². The number of rotatable bonds is 3. The van der Waals surface area contributed by atoms with Crippen LogP contribution in [-0.4, -0.2) is 23.7 Å². The van der Waals surface area contributed by atoms with E-state index in [1.807, 2.05) is 0 Å². The lowest BCUT2D eigenvalue weighted by molar-refractivity contribution is -0.139. The smallest absolute Gasteiger partial charge is 0.416 e. The summed E-state index contributed by atoms with van der Waals surface area (Å²) in [7, 11) is 0. The van der Waals surface area contributed by atoms with Gasteiger partial charge in [0.05, 0.1) is 5.56 Å². The van der Waals surface area contributed by atoms with Crippen LogP contribution in [0.2, 0.25) is 0 Å². The zero-order valence-electron chi connectivity index (χ0n) is 10.1. The Kier molecular flexibility index (Phi) is 3.80. The summed E-state index contributed by atoms with van der Waals surface area (Å²) in [5, 5.41) is 11.7. The number of halogens is 3. The number of carboxylic acid groups (broad SMARTS) is 1. The van der Waals surface area contributed by atoms with Crippen LogP contribution in [0, 0.1) is 5.92 Å². The van der Waals surface area contributed by atoms with Crippen LogP contribution in [0.15, 0.2) is 24.3 Å². The summed E-state index contributed by atoms with van der Waals surface area (Å²) in [5.41, 5.74) is -0.0709. The number of hydrogen-bond acceptors (Lipinski definition) is 2. The van der Waals surface area contributed by atoms with Crippen LogP contribution < -0.4 is 5.32 Å². The summed E-state index contributed by atoms with van der Waals surface area (Å²) < 4.78 is 37.7. The first-order chi connectivity index (χ1) is 8.86. The Morgan fingerprint density at radius 1 is 1.42 bits per heavy atom. The van der Waals surface area contributed by atoms with Gasteiger partial charge in [0.1, 0.15) is 6.04 Å². The second kappa shape index (κ2) is 5.21. The number of alkyl halides is 3. The molecule has 0 saturated carbocycles. The molecule has 1 unspecified atom stereocenters. The fourth-order valence-electron chi connectivity index (χ4n) is 2.36. The van der Waals surface area contributed by atoms with E-state index in [4.69, 9.17) is 5.11 Å². The number of benzene rings is 1. The van der Waals surface area contributed by atoms with E-state index < -0.39 is 23.8 Å². The lowest BCUT2D eigenvalue weighted by Crippen LogP contribution is -2.29. The predicted molar refractivity (Wildman–Crippen MR) is 62.7 cm³/mol. The van der Waals surface area contributed by atoms with Crippen LogP contribution in [-0.2, 0) is 17.4 Å². The number of nitrogens with one attached hydrogen (secondary N) is 1. The molecule has 0 radical (unpaired) electrons. The summed E-state index contributed by atoms with van der Waals surface area (Å²) in [5.74, 6) is -0.851. The summed E-state index contributed by atoms with van der Waals surface area (Å²) >= 11 is 0. The first-order valence-corrected chi connectivity index (χ1v) is 5.98. The minimum absolute atomic E-state index is 0.0598. The minimum atomic E-state index is -4.34. The molecule has 1 heterocycles. The van der Waals surface area contributed by atoms with Crippen LogP contribution in [0.25, 0.3) is 0 Å². The molecule has 0 bridgehead atoms. The highest BCUT2D eigenvalue weighted by molar-refractivity contribution is 5.73. The molecule has 104 valence electrons. The second-order valence-corrected chi connectivity index (χ2v) is 4.80. The van der Waals surface area contributed by atoms with Gasteiger partial charge in [-0.1, -0.05) is 18.2 Å². The molecule has 6 heteroatoms. The number of carboxylic acids is 1. The third-order valence-electron chi connectivity index (χ3n) is 3.30. The number of aliphatic carboxylic acids is 1. The van der Waals surface area contributed by atoms with E-state index >= 15 is 0 Å². The Bertz CT molecular complexity index is 473. The molecular weight excluding hydrogens is 259 g/mol. The highest BCUT2D eigenvalue weighted by Gasteiger charge is 2.32. The molecule has 0 amide bonds. The molecule has 1 aliphatic heterocycles. The van der Waals surface area contributed by atoms with Crippen molar-refractivity contribution < 1.29 is 23.1 Å². The van der Waals surface area contributed by atoms with Gasteiger partial charge in [0.25, 0.3) is 0 Å². The van der Waals surface area contributed by atoms with Crippen molar-refractivity contribution in [3.05, 3.63) is 35.4 Å². The van der Waals surface area contributed by atoms with Gasteiger partial charge in [-0.15, -0.1) is 0 Å². The van der Waals surface area contributed by atoms with Gasteiger partial charge >= 0.3 is 12.1 Å². The summed E-state index contributed by atoms with van der Waals surface area (Å²) in [6, 6.07) is 4.61. The topological polar surface area (TPSA) is 49.3 Å². The third-order valence-corrected chi connectivity index (χ3v) is 3.30. The van der Waals surface area contributed by atoms with E-state index in [0.29, 0.717) is 24.9 Å². The maximum Gasteiger partial charge on any atom is 0.416 e. The van der Waals surface area contributed by atoms with Crippen LogP contribution in [0.4, 0.5) is 13.2 Å². The molecule has 19 heavy (non-hydrogen) atoms. The van der Waals surface area contributed by atoms with E-state index in [1.165, 1.54) is 6.07 Å². The molecule has 1 aromatic rings. The maximum absolute atomic E-state index is 12.6. The highest BCUT2D eigenvalue weighted by Crippen LogP contribution is 2.30. The van der Waals surface area contributed by atoms with Crippen LogP contribution in [0.5, 0.6) is 0 Å². The first kappa shape index (κ1) is 13.9. The SMILES string of the molecule is O=C(O)[C@@H]1CC(Cc2cccc(C(F)(F)F)c2)CN1. The standard InChI is InChI=1S/C13H14F3NO2/c14-13(15,16)10-3-1-2-8(5-10)4-9-6-11(12(18)19)17-7-9/h1-3,5,9,11,17H,4,6-7H2,(H,18,19)/t9?,11-/m0/s1. The Morgan fingerprint density at radius 3 is 2.74 bits per heavy atom. The zero-order chi connectivity index (χ0) is 14.0. The molecule has 3 nitrogen and oxygen atoms in total. The first-order valence-electron chi connectivity index (χ1n) is 5.98. The van der Waals surface area contributed by atoms with Crippen molar-refractivity contribution in [2.24, 2.45) is 5.92 Å². The molecule has 1 aliphatic rings. The second-order valence-electron chi connectivity index (χ2n) is 4.80. The van der Waals surface area contributed by atoms with Crippen molar-refractivity contribution in [1.82, 2.24) is 5.32 Å². The summed E-state index contributed by atoms with van der Waals surface area (Å²) in [4.78, 5) is 10.8. The van der Waals surface area contributed by atoms with E-state index in [-0.39, 0.29) is 5.92 Å². The van der Waals surface area contributed by atoms with E-state index in [9.17, 15) is 18.0 Å². The quantitative estimate of drug-likeness (QED) is 0.888. The lowest BCUT2D eigenvalue weighted by Gasteiger charge is -2.11. The van der Waals surface area contributed by atoms with Gasteiger partial charge in [-0.25, -0.2) is 0 Å². The Balaban J connectivity index is 2.03. The lowest BCUT2D eigenvalue weighted by atomic mass is 9.95. The normalized spacial score (nSPS) is 23.5. The van der Waals surface area contributed by atoms with Crippen LogP contribution >= 0.6 is 0 Å². The average molecular weight is 273 g/mol. The van der Waals surface area contributed by atoms with Crippen molar-refractivity contribution in [3.63, 3.8) is 0 Å². The van der Waals surface area contributed by atoms with Crippen molar-refractivity contribution in [2.45, 2.75) is 25.1 Å². The van der Waals surface area contributed by atoms with E-state index in [1.54, 1.807) is 6.07 Å². The Hall–Kier alpha value is -1.56. The minimum Gasteiger partial charge on any atom is -0.480 e. The summed E-state index contributed by atoms with van der Waals surface area (Å²) in [6.07, 6.45) is -3.43. The number of carbonyl (C=O) groups is 1. The molecule has 1 aromatic carbocycles. The van der Waals surface area contributed by atoms with Gasteiger partial charge in [0.2, 0.25) is 0 Å². The fourth-order valence-corrected chi connectivity index (χ4v) is 2.36. The van der Waals surface area contributed by atoms with E-state index in [2.05, 4.69) is 5.32 Å². The predicted octanol–water partition coefficient (Wildman–Crippen LogP) is 2.31. The molecule has 0 spiro atoms. The van der Waals surface area contributed by atoms with Gasteiger partial charge < -0.3 is 10.4 Å². The fraction of sp³-hybridized carbons (Fsp3) is 0.462. The van der Waals surface area contributed by atoms with Gasteiger partial charge in [-0.2, -0.15) is 13.2 Å². The Morgan fingerprint density at radius 2 is 2.16 bits per heavy atom. The third kappa shape index (κ3) is 3.47. The molecule has 0 aliphatic carbocycles. The van der Waals surface area contributed by atoms with Gasteiger partial charge in [-0.05, 0) is 36.9 Å². The van der Waals surface area contributed by atoms with Gasteiger partial charge in [0, 0.05) is 0 Å². The van der Waals surface area contributed by atoms with E-state index in [0.717, 1.165) is 12.1 Å². The largest absolute Gasteiger partial charge is 0.480 e. The van der Waals surface area contributed by atoms with Crippen LogP contribution in [0.3, 0.4) is 0 Å². The highest BCUT2D eigenvalue weighted by atomic mass is 19.4. The molecule has 0 aromatic heterocycles. The van der Waals surface area contributed by atoms with Gasteiger partial charge in [-0.3, -0.25) is 4.79 Å².